The van der Waals surface area contributed by atoms with Gasteiger partial charge in [0.25, 0.3) is 0 Å². The third-order valence-electron chi connectivity index (χ3n) is 3.97. The van der Waals surface area contributed by atoms with Crippen LogP contribution >= 0.6 is 0 Å². The number of hydrogen-bond donors (Lipinski definition) is 2. The van der Waals surface area contributed by atoms with Crippen LogP contribution in [-0.4, -0.2) is 25.5 Å². The van der Waals surface area contributed by atoms with E-state index in [1.165, 1.54) is 19.2 Å². The number of ether oxygens (including phenoxy) is 1. The number of rotatable bonds is 7. The van der Waals surface area contributed by atoms with Gasteiger partial charge in [0, 0.05) is 11.7 Å². The molecule has 6 heteroatoms. The molecule has 0 aliphatic carbocycles. The zero-order valence-corrected chi connectivity index (χ0v) is 15.1. The predicted octanol–water partition coefficient (Wildman–Crippen LogP) is 3.54. The first-order chi connectivity index (χ1) is 12.4. The van der Waals surface area contributed by atoms with E-state index >= 15 is 0 Å². The van der Waals surface area contributed by atoms with Crippen molar-refractivity contribution >= 4 is 17.6 Å². The molecule has 2 N–H and O–H groups in total. The van der Waals surface area contributed by atoms with Crippen molar-refractivity contribution in [2.75, 3.05) is 19.0 Å². The molecule has 2 aromatic carbocycles. The molecule has 0 aliphatic rings. The Bertz CT molecular complexity index is 743. The fraction of sp³-hybridized carbons (Fsp3) is 0.300. The summed E-state index contributed by atoms with van der Waals surface area (Å²) >= 11 is 0. The summed E-state index contributed by atoms with van der Waals surface area (Å²) in [6, 6.07) is 12.7. The third kappa shape index (κ3) is 5.39. The fourth-order valence-corrected chi connectivity index (χ4v) is 2.62. The van der Waals surface area contributed by atoms with Gasteiger partial charge in [-0.15, -0.1) is 0 Å². The first kappa shape index (κ1) is 19.6. The lowest BCUT2D eigenvalue weighted by atomic mass is 9.96. The molecule has 0 fully saturated rings. The minimum absolute atomic E-state index is 0.0666. The second-order valence-electron chi connectivity index (χ2n) is 6.27. The zero-order valence-electron chi connectivity index (χ0n) is 15.1. The van der Waals surface area contributed by atoms with Crippen molar-refractivity contribution in [2.45, 2.75) is 19.9 Å². The summed E-state index contributed by atoms with van der Waals surface area (Å²) in [5.74, 6) is -0.691. The highest BCUT2D eigenvalue weighted by molar-refractivity contribution is 5.94. The number of carbonyl (C=O) groups excluding carboxylic acids is 2. The molecule has 0 unspecified atom stereocenters. The van der Waals surface area contributed by atoms with E-state index in [0.29, 0.717) is 11.3 Å². The van der Waals surface area contributed by atoms with Gasteiger partial charge in [0.05, 0.1) is 19.2 Å². The molecule has 0 radical (unpaired) electrons. The Kier molecular flexibility index (Phi) is 6.86. The Morgan fingerprint density at radius 1 is 1.04 bits per heavy atom. The lowest BCUT2D eigenvalue weighted by Crippen LogP contribution is -2.33. The summed E-state index contributed by atoms with van der Waals surface area (Å²) < 4.78 is 17.7. The predicted molar refractivity (Wildman–Crippen MR) is 98.4 cm³/mol. The molecule has 5 nitrogen and oxygen atoms in total. The summed E-state index contributed by atoms with van der Waals surface area (Å²) in [7, 11) is 1.32. The van der Waals surface area contributed by atoms with Crippen molar-refractivity contribution in [1.82, 2.24) is 5.32 Å². The van der Waals surface area contributed by atoms with Crippen molar-refractivity contribution in [3.05, 3.63) is 65.5 Å². The summed E-state index contributed by atoms with van der Waals surface area (Å²) in [5.41, 5.74) is 1.93. The molecule has 0 heterocycles. The SMILES string of the molecule is COC(=O)c1ccc(NC(=O)CN[C@@H](c2ccc(F)cc2)C(C)C)cc1. The van der Waals surface area contributed by atoms with Gasteiger partial charge in [-0.25, -0.2) is 9.18 Å². The maximum Gasteiger partial charge on any atom is 0.337 e. The Morgan fingerprint density at radius 3 is 2.19 bits per heavy atom. The summed E-state index contributed by atoms with van der Waals surface area (Å²) in [5, 5.41) is 5.97. The monoisotopic (exact) mass is 358 g/mol. The molecular formula is C20H23FN2O3. The van der Waals surface area contributed by atoms with E-state index in [-0.39, 0.29) is 30.2 Å². The number of halogens is 1. The first-order valence-electron chi connectivity index (χ1n) is 8.37. The molecule has 1 atom stereocenters. The van der Waals surface area contributed by atoms with Crippen molar-refractivity contribution in [3.8, 4) is 0 Å². The van der Waals surface area contributed by atoms with Crippen molar-refractivity contribution < 1.29 is 18.7 Å². The van der Waals surface area contributed by atoms with Gasteiger partial charge in [-0.3, -0.25) is 4.79 Å². The molecule has 2 aromatic rings. The number of benzene rings is 2. The number of nitrogens with one attached hydrogen (secondary N) is 2. The van der Waals surface area contributed by atoms with Gasteiger partial charge in [-0.2, -0.15) is 0 Å². The van der Waals surface area contributed by atoms with Crippen LogP contribution in [0.5, 0.6) is 0 Å². The van der Waals surface area contributed by atoms with Gasteiger partial charge >= 0.3 is 5.97 Å². The Balaban J connectivity index is 1.93. The van der Waals surface area contributed by atoms with Crippen LogP contribution in [0.4, 0.5) is 10.1 Å². The van der Waals surface area contributed by atoms with E-state index in [1.54, 1.807) is 36.4 Å². The molecule has 0 saturated carbocycles. The van der Waals surface area contributed by atoms with E-state index < -0.39 is 5.97 Å². The molecule has 0 spiro atoms. The van der Waals surface area contributed by atoms with Crippen LogP contribution in [0.3, 0.4) is 0 Å². The normalized spacial score (nSPS) is 11.9. The summed E-state index contributed by atoms with van der Waals surface area (Å²) in [4.78, 5) is 23.6. The highest BCUT2D eigenvalue weighted by Gasteiger charge is 2.16. The van der Waals surface area contributed by atoms with Gasteiger partial charge in [0.1, 0.15) is 5.82 Å². The average molecular weight is 358 g/mol. The Hall–Kier alpha value is -2.73. The lowest BCUT2D eigenvalue weighted by Gasteiger charge is -2.22. The zero-order chi connectivity index (χ0) is 19.1. The van der Waals surface area contributed by atoms with Crippen LogP contribution in [0.25, 0.3) is 0 Å². The van der Waals surface area contributed by atoms with Gasteiger partial charge in [0.2, 0.25) is 5.91 Å². The van der Waals surface area contributed by atoms with Crippen LogP contribution in [0.2, 0.25) is 0 Å². The standard InChI is InChI=1S/C20H23FN2O3/c1-13(2)19(14-4-8-16(21)9-5-14)22-12-18(24)23-17-10-6-15(7-11-17)20(25)26-3/h4-11,13,19,22H,12H2,1-3H3,(H,23,24)/t19-/m1/s1. The highest BCUT2D eigenvalue weighted by atomic mass is 19.1. The molecule has 0 aromatic heterocycles. The Labute approximate surface area is 152 Å². The van der Waals surface area contributed by atoms with E-state index in [0.717, 1.165) is 5.56 Å². The van der Waals surface area contributed by atoms with E-state index in [2.05, 4.69) is 15.4 Å². The molecular weight excluding hydrogens is 335 g/mol. The van der Waals surface area contributed by atoms with Gasteiger partial charge in [-0.1, -0.05) is 26.0 Å². The number of anilines is 1. The van der Waals surface area contributed by atoms with Crippen LogP contribution < -0.4 is 10.6 Å². The van der Waals surface area contributed by atoms with E-state index in [9.17, 15) is 14.0 Å². The molecule has 0 bridgehead atoms. The smallest absolute Gasteiger partial charge is 0.337 e. The first-order valence-corrected chi connectivity index (χ1v) is 8.37. The van der Waals surface area contributed by atoms with Gasteiger partial charge in [0.15, 0.2) is 0 Å². The quantitative estimate of drug-likeness (QED) is 0.743. The van der Waals surface area contributed by atoms with Crippen LogP contribution in [-0.2, 0) is 9.53 Å². The number of methoxy groups -OCH3 is 1. The molecule has 26 heavy (non-hydrogen) atoms. The van der Waals surface area contributed by atoms with Crippen molar-refractivity contribution in [2.24, 2.45) is 5.92 Å². The minimum atomic E-state index is -0.427. The van der Waals surface area contributed by atoms with Crippen molar-refractivity contribution in [1.29, 1.82) is 0 Å². The molecule has 2 rings (SSSR count). The van der Waals surface area contributed by atoms with Crippen LogP contribution in [0.15, 0.2) is 48.5 Å². The highest BCUT2D eigenvalue weighted by Crippen LogP contribution is 2.21. The molecule has 1 amide bonds. The second kappa shape index (κ2) is 9.10. The van der Waals surface area contributed by atoms with E-state index in [1.807, 2.05) is 13.8 Å². The van der Waals surface area contributed by atoms with Gasteiger partial charge < -0.3 is 15.4 Å². The van der Waals surface area contributed by atoms with E-state index in [4.69, 9.17) is 0 Å². The summed E-state index contributed by atoms with van der Waals surface area (Å²) in [6.07, 6.45) is 0. The third-order valence-corrected chi connectivity index (χ3v) is 3.97. The molecule has 0 saturated heterocycles. The number of hydrogen-bond acceptors (Lipinski definition) is 4. The Morgan fingerprint density at radius 2 is 1.65 bits per heavy atom. The largest absolute Gasteiger partial charge is 0.465 e. The van der Waals surface area contributed by atoms with Crippen LogP contribution in [0.1, 0.15) is 35.8 Å². The van der Waals surface area contributed by atoms with Crippen LogP contribution in [0, 0.1) is 11.7 Å². The number of carbonyl (C=O) groups is 2. The molecule has 138 valence electrons. The average Bonchev–Trinajstić information content (AvgIpc) is 2.63. The van der Waals surface area contributed by atoms with Crippen molar-refractivity contribution in [3.63, 3.8) is 0 Å². The fourth-order valence-electron chi connectivity index (χ4n) is 2.62. The minimum Gasteiger partial charge on any atom is -0.465 e. The molecule has 0 aliphatic heterocycles. The topological polar surface area (TPSA) is 67.4 Å². The second-order valence-corrected chi connectivity index (χ2v) is 6.27. The number of amides is 1. The summed E-state index contributed by atoms with van der Waals surface area (Å²) in [6.45, 7) is 4.17. The number of esters is 1. The lowest BCUT2D eigenvalue weighted by molar-refractivity contribution is -0.115. The maximum atomic E-state index is 13.1. The van der Waals surface area contributed by atoms with Gasteiger partial charge in [-0.05, 0) is 47.9 Å². The maximum absolute atomic E-state index is 13.1.